The number of hydrogen-bond donors (Lipinski definition) is 2. The number of hydrogen-bond acceptors (Lipinski definition) is 3. The summed E-state index contributed by atoms with van der Waals surface area (Å²) >= 11 is 0. The van der Waals surface area contributed by atoms with E-state index in [2.05, 4.69) is 46.4 Å². The first-order valence-corrected chi connectivity index (χ1v) is 9.04. The van der Waals surface area contributed by atoms with Gasteiger partial charge in [-0.05, 0) is 42.8 Å². The van der Waals surface area contributed by atoms with Crippen molar-refractivity contribution >= 4 is 29.9 Å². The molecule has 2 N–H and O–H groups in total. The van der Waals surface area contributed by atoms with Crippen molar-refractivity contribution in [3.8, 4) is 5.69 Å². The minimum absolute atomic E-state index is 0. The van der Waals surface area contributed by atoms with Crippen molar-refractivity contribution in [1.29, 1.82) is 0 Å². The minimum Gasteiger partial charge on any atom is -0.469 e. The van der Waals surface area contributed by atoms with Crippen LogP contribution in [-0.2, 0) is 6.42 Å². The van der Waals surface area contributed by atoms with Gasteiger partial charge in [0.25, 0.3) is 0 Å². The van der Waals surface area contributed by atoms with Crippen molar-refractivity contribution in [2.45, 2.75) is 19.4 Å². The average molecular weight is 491 g/mol. The molecule has 7 heteroatoms. The van der Waals surface area contributed by atoms with Gasteiger partial charge < -0.3 is 15.1 Å². The number of halogens is 1. The summed E-state index contributed by atoms with van der Waals surface area (Å²) < 4.78 is 7.21. The zero-order chi connectivity index (χ0) is 18.9. The molecule has 1 aromatic carbocycles. The Hall–Kier alpha value is -2.55. The first-order valence-electron chi connectivity index (χ1n) is 9.04. The maximum absolute atomic E-state index is 5.36. The van der Waals surface area contributed by atoms with E-state index in [0.29, 0.717) is 13.1 Å². The van der Waals surface area contributed by atoms with Crippen LogP contribution in [0.2, 0.25) is 0 Å². The molecule has 1 atom stereocenters. The summed E-state index contributed by atoms with van der Waals surface area (Å²) in [7, 11) is 0. The second-order valence-corrected chi connectivity index (χ2v) is 6.14. The fourth-order valence-electron chi connectivity index (χ4n) is 2.70. The molecular formula is C21H26IN5O. The van der Waals surface area contributed by atoms with E-state index in [9.17, 15) is 0 Å². The molecule has 2 heterocycles. The summed E-state index contributed by atoms with van der Waals surface area (Å²) in [5.74, 6) is 1.68. The zero-order valence-corrected chi connectivity index (χ0v) is 18.2. The maximum atomic E-state index is 5.36. The number of furan rings is 1. The lowest BCUT2D eigenvalue weighted by Crippen LogP contribution is -2.39. The van der Waals surface area contributed by atoms with E-state index in [1.165, 1.54) is 0 Å². The highest BCUT2D eigenvalue weighted by molar-refractivity contribution is 14.0. The SMILES string of the molecule is C=CCNC(=NCCc1ccco1)NC(C)c1cccc(-n2cccn2)c1.I. The minimum atomic E-state index is 0. The summed E-state index contributed by atoms with van der Waals surface area (Å²) in [6.45, 7) is 7.16. The van der Waals surface area contributed by atoms with Gasteiger partial charge in [0.05, 0.1) is 18.0 Å². The van der Waals surface area contributed by atoms with Crippen LogP contribution in [0.5, 0.6) is 0 Å². The summed E-state index contributed by atoms with van der Waals surface area (Å²) in [5.41, 5.74) is 2.18. The standard InChI is InChI=1S/C21H25N5O.HI/c1-3-11-22-21(23-13-10-20-9-5-15-27-20)25-17(2)18-7-4-8-19(16-18)26-14-6-12-24-26;/h3-9,12,14-17H,1,10-11,13H2,2H3,(H2,22,23,25);1H. The Kier molecular flexibility index (Phi) is 8.80. The Morgan fingerprint density at radius 1 is 1.32 bits per heavy atom. The van der Waals surface area contributed by atoms with E-state index in [1.54, 1.807) is 12.5 Å². The Bertz CT molecular complexity index is 859. The van der Waals surface area contributed by atoms with Crippen LogP contribution in [0.15, 0.2) is 83.2 Å². The molecule has 0 saturated heterocycles. The molecular weight excluding hydrogens is 465 g/mol. The molecule has 3 aromatic rings. The van der Waals surface area contributed by atoms with E-state index in [-0.39, 0.29) is 30.0 Å². The Balaban J connectivity index is 0.00000280. The lowest BCUT2D eigenvalue weighted by molar-refractivity contribution is 0.510. The molecule has 28 heavy (non-hydrogen) atoms. The van der Waals surface area contributed by atoms with Crippen LogP contribution >= 0.6 is 24.0 Å². The quantitative estimate of drug-likeness (QED) is 0.216. The molecule has 0 aliphatic carbocycles. The fraction of sp³-hybridized carbons (Fsp3) is 0.238. The predicted octanol–water partition coefficient (Wildman–Crippen LogP) is 4.11. The van der Waals surface area contributed by atoms with E-state index in [4.69, 9.17) is 4.42 Å². The topological polar surface area (TPSA) is 67.4 Å². The first kappa shape index (κ1) is 21.7. The largest absolute Gasteiger partial charge is 0.469 e. The van der Waals surface area contributed by atoms with Gasteiger partial charge in [0.2, 0.25) is 0 Å². The third kappa shape index (κ3) is 6.26. The highest BCUT2D eigenvalue weighted by atomic mass is 127. The number of nitrogens with zero attached hydrogens (tertiary/aromatic N) is 3. The van der Waals surface area contributed by atoms with Crippen molar-refractivity contribution in [2.24, 2.45) is 4.99 Å². The van der Waals surface area contributed by atoms with Crippen molar-refractivity contribution < 1.29 is 4.42 Å². The number of guanidine groups is 1. The van der Waals surface area contributed by atoms with Crippen LogP contribution < -0.4 is 10.6 Å². The van der Waals surface area contributed by atoms with E-state index in [0.717, 1.165) is 29.4 Å². The lowest BCUT2D eigenvalue weighted by Gasteiger charge is -2.19. The zero-order valence-electron chi connectivity index (χ0n) is 15.9. The van der Waals surface area contributed by atoms with Crippen LogP contribution in [0.3, 0.4) is 0 Å². The molecule has 0 aliphatic rings. The highest BCUT2D eigenvalue weighted by Gasteiger charge is 2.09. The molecule has 0 aliphatic heterocycles. The molecule has 1 unspecified atom stereocenters. The third-order valence-corrected chi connectivity index (χ3v) is 4.11. The van der Waals surface area contributed by atoms with Gasteiger partial charge in [0.15, 0.2) is 5.96 Å². The van der Waals surface area contributed by atoms with E-state index in [1.807, 2.05) is 47.3 Å². The van der Waals surface area contributed by atoms with Crippen LogP contribution in [0, 0.1) is 0 Å². The van der Waals surface area contributed by atoms with Gasteiger partial charge in [0.1, 0.15) is 5.76 Å². The highest BCUT2D eigenvalue weighted by Crippen LogP contribution is 2.16. The van der Waals surface area contributed by atoms with Crippen LogP contribution in [-0.4, -0.2) is 28.8 Å². The van der Waals surface area contributed by atoms with Crippen molar-refractivity contribution in [3.63, 3.8) is 0 Å². The normalized spacial score (nSPS) is 12.1. The van der Waals surface area contributed by atoms with Gasteiger partial charge in [-0.25, -0.2) is 4.68 Å². The molecule has 6 nitrogen and oxygen atoms in total. The molecule has 3 rings (SSSR count). The average Bonchev–Trinajstić information content (AvgIpc) is 3.40. The Morgan fingerprint density at radius 3 is 2.93 bits per heavy atom. The Morgan fingerprint density at radius 2 is 2.21 bits per heavy atom. The smallest absolute Gasteiger partial charge is 0.191 e. The predicted molar refractivity (Wildman–Crippen MR) is 123 cm³/mol. The number of aliphatic imine (C=N–C) groups is 1. The molecule has 2 aromatic heterocycles. The summed E-state index contributed by atoms with van der Waals surface area (Å²) in [6, 6.07) is 14.1. The number of aromatic nitrogens is 2. The van der Waals surface area contributed by atoms with E-state index < -0.39 is 0 Å². The first-order chi connectivity index (χ1) is 13.3. The molecule has 0 spiro atoms. The van der Waals surface area contributed by atoms with Crippen LogP contribution in [0.1, 0.15) is 24.3 Å². The van der Waals surface area contributed by atoms with Gasteiger partial charge in [0, 0.05) is 31.9 Å². The molecule has 0 bridgehead atoms. The summed E-state index contributed by atoms with van der Waals surface area (Å²) in [5, 5.41) is 11.0. The van der Waals surface area contributed by atoms with Gasteiger partial charge in [-0.3, -0.25) is 4.99 Å². The number of rotatable bonds is 8. The lowest BCUT2D eigenvalue weighted by atomic mass is 10.1. The van der Waals surface area contributed by atoms with Gasteiger partial charge >= 0.3 is 0 Å². The molecule has 148 valence electrons. The van der Waals surface area contributed by atoms with Crippen LogP contribution in [0.4, 0.5) is 0 Å². The van der Waals surface area contributed by atoms with Crippen LogP contribution in [0.25, 0.3) is 5.69 Å². The Labute approximate surface area is 182 Å². The maximum Gasteiger partial charge on any atom is 0.191 e. The molecule has 0 amide bonds. The number of nitrogens with one attached hydrogen (secondary N) is 2. The molecule has 0 fully saturated rings. The molecule has 0 saturated carbocycles. The second-order valence-electron chi connectivity index (χ2n) is 6.14. The van der Waals surface area contributed by atoms with E-state index >= 15 is 0 Å². The molecule has 0 radical (unpaired) electrons. The number of benzene rings is 1. The monoisotopic (exact) mass is 491 g/mol. The van der Waals surface area contributed by atoms with Crippen molar-refractivity contribution in [3.05, 3.63) is 85.1 Å². The summed E-state index contributed by atoms with van der Waals surface area (Å²) in [6.07, 6.45) is 7.97. The fourth-order valence-corrected chi connectivity index (χ4v) is 2.70. The van der Waals surface area contributed by atoms with Crippen molar-refractivity contribution in [2.75, 3.05) is 13.1 Å². The third-order valence-electron chi connectivity index (χ3n) is 4.11. The van der Waals surface area contributed by atoms with Gasteiger partial charge in [-0.15, -0.1) is 30.6 Å². The van der Waals surface area contributed by atoms with Gasteiger partial charge in [-0.2, -0.15) is 5.10 Å². The summed E-state index contributed by atoms with van der Waals surface area (Å²) in [4.78, 5) is 4.64. The van der Waals surface area contributed by atoms with Gasteiger partial charge in [-0.1, -0.05) is 18.2 Å². The van der Waals surface area contributed by atoms with Crippen molar-refractivity contribution in [1.82, 2.24) is 20.4 Å². The second kappa shape index (κ2) is 11.3.